The van der Waals surface area contributed by atoms with Crippen molar-refractivity contribution < 1.29 is 4.74 Å². The minimum Gasteiger partial charge on any atom is -0.370 e. The lowest BCUT2D eigenvalue weighted by Crippen LogP contribution is -2.46. The topological polar surface area (TPSA) is 30.3 Å². The normalized spacial score (nSPS) is 22.1. The summed E-state index contributed by atoms with van der Waals surface area (Å²) in [6, 6.07) is 0. The van der Waals surface area contributed by atoms with Gasteiger partial charge >= 0.3 is 0 Å². The summed E-state index contributed by atoms with van der Waals surface area (Å²) in [6.07, 6.45) is 6.52. The van der Waals surface area contributed by atoms with E-state index in [0.29, 0.717) is 0 Å². The van der Waals surface area contributed by atoms with Gasteiger partial charge in [0.1, 0.15) is 5.15 Å². The van der Waals surface area contributed by atoms with Gasteiger partial charge in [0, 0.05) is 32.2 Å². The first kappa shape index (κ1) is 16.0. The Morgan fingerprint density at radius 3 is 2.73 bits per heavy atom. The zero-order valence-corrected chi connectivity index (χ0v) is 14.6. The molecule has 5 heteroatoms. The number of nitrogens with zero attached hydrogens (tertiary/aromatic N) is 3. The molecular weight excluding hydrogens is 298 g/mol. The predicted octanol–water partition coefficient (Wildman–Crippen LogP) is 3.34. The second-order valence-corrected chi connectivity index (χ2v) is 6.98. The van der Waals surface area contributed by atoms with Crippen LogP contribution in [0.1, 0.15) is 44.4 Å². The number of piperidine rings is 1. The average Bonchev–Trinajstić information content (AvgIpc) is 2.77. The summed E-state index contributed by atoms with van der Waals surface area (Å²) in [5, 5.41) is 5.29. The number of likely N-dealkylation sites (tertiary alicyclic amines) is 1. The van der Waals surface area contributed by atoms with Crippen LogP contribution in [0.4, 0.5) is 0 Å². The molecular formula is C17H26ClN3O. The zero-order chi connectivity index (χ0) is 15.7. The van der Waals surface area contributed by atoms with E-state index < -0.39 is 0 Å². The van der Waals surface area contributed by atoms with E-state index in [1.54, 1.807) is 4.68 Å². The van der Waals surface area contributed by atoms with Gasteiger partial charge in [-0.2, -0.15) is 5.10 Å². The first-order chi connectivity index (χ1) is 10.5. The number of rotatable bonds is 3. The molecule has 0 bridgehead atoms. The minimum atomic E-state index is -0.00878. The molecule has 3 rings (SSSR count). The first-order valence-corrected chi connectivity index (χ1v) is 8.66. The van der Waals surface area contributed by atoms with Gasteiger partial charge in [0.2, 0.25) is 0 Å². The van der Waals surface area contributed by atoms with E-state index in [9.17, 15) is 0 Å². The van der Waals surface area contributed by atoms with Crippen molar-refractivity contribution in [2.24, 2.45) is 7.05 Å². The van der Waals surface area contributed by atoms with Crippen LogP contribution < -0.4 is 0 Å². The Morgan fingerprint density at radius 2 is 2.09 bits per heavy atom. The lowest BCUT2D eigenvalue weighted by molar-refractivity contribution is -0.0577. The van der Waals surface area contributed by atoms with Crippen LogP contribution in [0.3, 0.4) is 0 Å². The zero-order valence-electron chi connectivity index (χ0n) is 13.9. The molecule has 1 aromatic heterocycles. The Hall–Kier alpha value is -0.840. The van der Waals surface area contributed by atoms with Gasteiger partial charge in [-0.25, -0.2) is 0 Å². The van der Waals surface area contributed by atoms with Crippen LogP contribution in [0, 0.1) is 0 Å². The van der Waals surface area contributed by atoms with Crippen LogP contribution in [0.2, 0.25) is 5.15 Å². The fourth-order valence-corrected chi connectivity index (χ4v) is 3.83. The third-order valence-corrected chi connectivity index (χ3v) is 5.44. The molecule has 22 heavy (non-hydrogen) atoms. The molecule has 0 aliphatic carbocycles. The molecule has 1 spiro atoms. The summed E-state index contributed by atoms with van der Waals surface area (Å²) < 4.78 is 7.89. The molecule has 0 atom stereocenters. The minimum absolute atomic E-state index is 0.00878. The van der Waals surface area contributed by atoms with Crippen molar-refractivity contribution >= 4 is 11.6 Å². The summed E-state index contributed by atoms with van der Waals surface area (Å²) in [7, 11) is 1.92. The number of halogens is 1. The predicted molar refractivity (Wildman–Crippen MR) is 89.2 cm³/mol. The largest absolute Gasteiger partial charge is 0.370 e. The van der Waals surface area contributed by atoms with Gasteiger partial charge in [-0.05, 0) is 32.6 Å². The standard InChI is InChI=1S/C17H26ClN3O/c1-4-15-14(16(18)20(3)19-15)12-21-8-6-17(7-9-21)11-13(2)5-10-22-17/h11H,4-10,12H2,1-3H3. The molecule has 0 unspecified atom stereocenters. The highest BCUT2D eigenvalue weighted by molar-refractivity contribution is 6.30. The molecule has 2 aliphatic rings. The van der Waals surface area contributed by atoms with E-state index in [-0.39, 0.29) is 5.60 Å². The Labute approximate surface area is 138 Å². The third-order valence-electron chi connectivity index (χ3n) is 4.97. The molecule has 3 heterocycles. The molecule has 0 amide bonds. The summed E-state index contributed by atoms with van der Waals surface area (Å²) in [6.45, 7) is 8.23. The van der Waals surface area contributed by atoms with Gasteiger partial charge in [-0.3, -0.25) is 9.58 Å². The van der Waals surface area contributed by atoms with Gasteiger partial charge < -0.3 is 4.74 Å². The summed E-state index contributed by atoms with van der Waals surface area (Å²) in [5.41, 5.74) is 3.78. The Kier molecular flexibility index (Phi) is 4.62. The van der Waals surface area contributed by atoms with E-state index in [0.717, 1.165) is 62.8 Å². The van der Waals surface area contributed by atoms with Crippen molar-refractivity contribution in [3.63, 3.8) is 0 Å². The maximum atomic E-state index is 6.41. The fraction of sp³-hybridized carbons (Fsp3) is 0.706. The van der Waals surface area contributed by atoms with Gasteiger partial charge in [0.05, 0.1) is 17.9 Å². The first-order valence-electron chi connectivity index (χ1n) is 8.28. The highest BCUT2D eigenvalue weighted by Gasteiger charge is 2.35. The molecule has 1 fully saturated rings. The molecule has 0 aromatic carbocycles. The Morgan fingerprint density at radius 1 is 1.36 bits per heavy atom. The Bertz CT molecular complexity index is 571. The van der Waals surface area contributed by atoms with Crippen molar-refractivity contribution in [2.75, 3.05) is 19.7 Å². The van der Waals surface area contributed by atoms with Crippen LogP contribution in [-0.2, 0) is 24.8 Å². The quantitative estimate of drug-likeness (QED) is 0.799. The number of ether oxygens (including phenoxy) is 1. The van der Waals surface area contributed by atoms with E-state index in [4.69, 9.17) is 16.3 Å². The van der Waals surface area contributed by atoms with Crippen molar-refractivity contribution in [3.05, 3.63) is 28.1 Å². The SMILES string of the molecule is CCc1nn(C)c(Cl)c1CN1CCC2(C=C(C)CCO2)CC1. The van der Waals surface area contributed by atoms with Gasteiger partial charge in [-0.15, -0.1) is 0 Å². The van der Waals surface area contributed by atoms with E-state index in [2.05, 4.69) is 29.9 Å². The van der Waals surface area contributed by atoms with E-state index >= 15 is 0 Å². The van der Waals surface area contributed by atoms with Crippen LogP contribution >= 0.6 is 11.6 Å². The molecule has 1 aromatic rings. The van der Waals surface area contributed by atoms with E-state index in [1.807, 2.05) is 7.05 Å². The molecule has 0 N–H and O–H groups in total. The van der Waals surface area contributed by atoms with Gasteiger partial charge in [-0.1, -0.05) is 30.2 Å². The number of hydrogen-bond acceptors (Lipinski definition) is 3. The summed E-state index contributed by atoms with van der Waals surface area (Å²) >= 11 is 6.41. The summed E-state index contributed by atoms with van der Waals surface area (Å²) in [4.78, 5) is 2.48. The lowest BCUT2D eigenvalue weighted by Gasteiger charge is -2.42. The third kappa shape index (κ3) is 3.10. The number of hydrogen-bond donors (Lipinski definition) is 0. The summed E-state index contributed by atoms with van der Waals surface area (Å²) in [5.74, 6) is 0. The molecule has 122 valence electrons. The second-order valence-electron chi connectivity index (χ2n) is 6.62. The monoisotopic (exact) mass is 323 g/mol. The van der Waals surface area contributed by atoms with Crippen LogP contribution in [0.5, 0.6) is 0 Å². The maximum Gasteiger partial charge on any atom is 0.131 e. The van der Waals surface area contributed by atoms with E-state index in [1.165, 1.54) is 11.1 Å². The van der Waals surface area contributed by atoms with Crippen LogP contribution in [0.15, 0.2) is 11.6 Å². The number of aryl methyl sites for hydroxylation is 2. The average molecular weight is 324 g/mol. The van der Waals surface area contributed by atoms with Crippen molar-refractivity contribution in [1.29, 1.82) is 0 Å². The molecule has 2 aliphatic heterocycles. The number of aromatic nitrogens is 2. The maximum absolute atomic E-state index is 6.41. The fourth-order valence-electron chi connectivity index (χ4n) is 3.62. The van der Waals surface area contributed by atoms with Gasteiger partial charge in [0.25, 0.3) is 0 Å². The van der Waals surface area contributed by atoms with Crippen molar-refractivity contribution in [3.8, 4) is 0 Å². The molecule has 0 saturated carbocycles. The lowest BCUT2D eigenvalue weighted by atomic mass is 9.87. The molecule has 4 nitrogen and oxygen atoms in total. The van der Waals surface area contributed by atoms with Crippen LogP contribution in [-0.4, -0.2) is 40.0 Å². The van der Waals surface area contributed by atoms with Crippen LogP contribution in [0.25, 0.3) is 0 Å². The Balaban J connectivity index is 1.66. The highest BCUT2D eigenvalue weighted by Crippen LogP contribution is 2.34. The van der Waals surface area contributed by atoms with Gasteiger partial charge in [0.15, 0.2) is 0 Å². The van der Waals surface area contributed by atoms with Crippen molar-refractivity contribution in [1.82, 2.24) is 14.7 Å². The smallest absolute Gasteiger partial charge is 0.131 e. The second kappa shape index (κ2) is 6.34. The van der Waals surface area contributed by atoms with Crippen molar-refractivity contribution in [2.45, 2.75) is 51.7 Å². The molecule has 0 radical (unpaired) electrons. The highest BCUT2D eigenvalue weighted by atomic mass is 35.5. The molecule has 1 saturated heterocycles.